The molecule has 0 unspecified atom stereocenters. The van der Waals surface area contributed by atoms with Gasteiger partial charge in [-0.1, -0.05) is 72.3 Å². The first-order valence-corrected chi connectivity index (χ1v) is 8.93. The summed E-state index contributed by atoms with van der Waals surface area (Å²) >= 11 is 0. The molecule has 0 aromatic heterocycles. The smallest absolute Gasteiger partial charge is 0.0106 e. The summed E-state index contributed by atoms with van der Waals surface area (Å²) in [5, 5.41) is 2.67. The zero-order valence-electron chi connectivity index (χ0n) is 15.9. The summed E-state index contributed by atoms with van der Waals surface area (Å²) in [6.07, 6.45) is 6.71. The van der Waals surface area contributed by atoms with E-state index in [1.807, 2.05) is 0 Å². The van der Waals surface area contributed by atoms with Crippen molar-refractivity contribution < 1.29 is 0 Å². The van der Waals surface area contributed by atoms with Gasteiger partial charge in [-0.15, -0.1) is 0 Å². The molecule has 0 fully saturated rings. The molecule has 0 radical (unpaired) electrons. The summed E-state index contributed by atoms with van der Waals surface area (Å²) < 4.78 is 0. The van der Waals surface area contributed by atoms with E-state index >= 15 is 0 Å². The summed E-state index contributed by atoms with van der Waals surface area (Å²) in [5.41, 5.74) is 9.26. The van der Waals surface area contributed by atoms with Crippen LogP contribution in [0.4, 0.5) is 0 Å². The molecule has 0 aliphatic carbocycles. The summed E-state index contributed by atoms with van der Waals surface area (Å²) in [5.74, 6) is 0. The van der Waals surface area contributed by atoms with Crippen molar-refractivity contribution in [2.75, 3.05) is 0 Å². The normalized spacial score (nSPS) is 12.3. The molecule has 0 bridgehead atoms. The van der Waals surface area contributed by atoms with E-state index in [1.165, 1.54) is 49.7 Å². The SMILES string of the molecule is C/C=C\c1c(C)c(/C=C(\C)c2cccc(C)c2)c(C)c2ccccc12. The van der Waals surface area contributed by atoms with E-state index in [9.17, 15) is 0 Å². The van der Waals surface area contributed by atoms with Gasteiger partial charge in [0.2, 0.25) is 0 Å². The zero-order valence-corrected chi connectivity index (χ0v) is 15.9. The molecule has 0 atom stereocenters. The van der Waals surface area contributed by atoms with Crippen LogP contribution >= 0.6 is 0 Å². The number of hydrogen-bond donors (Lipinski definition) is 0. The van der Waals surface area contributed by atoms with E-state index < -0.39 is 0 Å². The van der Waals surface area contributed by atoms with Crippen LogP contribution in [-0.4, -0.2) is 0 Å². The van der Waals surface area contributed by atoms with Crippen LogP contribution < -0.4 is 0 Å². The first kappa shape index (κ1) is 17.2. The third-order valence-corrected chi connectivity index (χ3v) is 5.00. The lowest BCUT2D eigenvalue weighted by Gasteiger charge is -2.16. The predicted molar refractivity (Wildman–Crippen MR) is 113 cm³/mol. The van der Waals surface area contributed by atoms with Crippen molar-refractivity contribution in [1.29, 1.82) is 0 Å². The Hall–Kier alpha value is -2.60. The van der Waals surface area contributed by atoms with Crippen LogP contribution in [0, 0.1) is 20.8 Å². The molecule has 0 spiro atoms. The highest BCUT2D eigenvalue weighted by Crippen LogP contribution is 2.33. The van der Waals surface area contributed by atoms with Gasteiger partial charge in [0.1, 0.15) is 0 Å². The maximum atomic E-state index is 2.35. The highest BCUT2D eigenvalue weighted by atomic mass is 14.2. The van der Waals surface area contributed by atoms with Crippen LogP contribution in [0.25, 0.3) is 28.5 Å². The lowest BCUT2D eigenvalue weighted by molar-refractivity contribution is 1.37. The van der Waals surface area contributed by atoms with Crippen molar-refractivity contribution in [3.05, 3.63) is 88.0 Å². The molecule has 0 heteroatoms. The third-order valence-electron chi connectivity index (χ3n) is 5.00. The molecule has 3 aromatic rings. The van der Waals surface area contributed by atoms with Crippen molar-refractivity contribution in [3.63, 3.8) is 0 Å². The summed E-state index contributed by atoms with van der Waals surface area (Å²) in [6.45, 7) is 10.9. The fourth-order valence-corrected chi connectivity index (χ4v) is 3.61. The Labute approximate surface area is 151 Å². The molecular weight excluding hydrogens is 300 g/mol. The lowest BCUT2D eigenvalue weighted by Crippen LogP contribution is -1.95. The zero-order chi connectivity index (χ0) is 18.0. The van der Waals surface area contributed by atoms with Crippen LogP contribution in [0.3, 0.4) is 0 Å². The van der Waals surface area contributed by atoms with Gasteiger partial charge in [-0.3, -0.25) is 0 Å². The van der Waals surface area contributed by atoms with Gasteiger partial charge in [-0.2, -0.15) is 0 Å². The third kappa shape index (κ3) is 3.30. The number of aryl methyl sites for hydroxylation is 2. The van der Waals surface area contributed by atoms with Gasteiger partial charge in [0.15, 0.2) is 0 Å². The van der Waals surface area contributed by atoms with Gasteiger partial charge in [0.05, 0.1) is 0 Å². The molecule has 0 saturated carbocycles. The minimum absolute atomic E-state index is 1.29. The van der Waals surface area contributed by atoms with Crippen molar-refractivity contribution in [1.82, 2.24) is 0 Å². The minimum atomic E-state index is 1.29. The highest BCUT2D eigenvalue weighted by molar-refractivity contribution is 5.98. The Balaban J connectivity index is 2.27. The monoisotopic (exact) mass is 326 g/mol. The predicted octanol–water partition coefficient (Wildman–Crippen LogP) is 7.36. The van der Waals surface area contributed by atoms with E-state index in [0.29, 0.717) is 0 Å². The van der Waals surface area contributed by atoms with Crippen LogP contribution in [-0.2, 0) is 0 Å². The topological polar surface area (TPSA) is 0 Å². The van der Waals surface area contributed by atoms with Crippen molar-refractivity contribution in [3.8, 4) is 0 Å². The maximum Gasteiger partial charge on any atom is -0.0106 e. The number of rotatable bonds is 3. The van der Waals surface area contributed by atoms with Crippen LogP contribution in [0.1, 0.15) is 47.2 Å². The molecular formula is C25H26. The summed E-state index contributed by atoms with van der Waals surface area (Å²) in [7, 11) is 0. The molecule has 3 rings (SSSR count). The van der Waals surface area contributed by atoms with Gasteiger partial charge >= 0.3 is 0 Å². The molecule has 0 saturated heterocycles. The maximum absolute atomic E-state index is 2.35. The fourth-order valence-electron chi connectivity index (χ4n) is 3.61. The van der Waals surface area contributed by atoms with Gasteiger partial charge in [-0.05, 0) is 78.8 Å². The number of benzene rings is 3. The van der Waals surface area contributed by atoms with Crippen molar-refractivity contribution >= 4 is 28.5 Å². The number of allylic oxidation sites excluding steroid dienone is 2. The second-order valence-electron chi connectivity index (χ2n) is 6.82. The highest BCUT2D eigenvalue weighted by Gasteiger charge is 2.11. The fraction of sp³-hybridized carbons (Fsp3) is 0.200. The average Bonchev–Trinajstić information content (AvgIpc) is 2.62. The molecule has 0 N–H and O–H groups in total. The molecule has 25 heavy (non-hydrogen) atoms. The molecule has 0 heterocycles. The molecule has 126 valence electrons. The van der Waals surface area contributed by atoms with Gasteiger partial charge < -0.3 is 0 Å². The summed E-state index contributed by atoms with van der Waals surface area (Å²) in [4.78, 5) is 0. The Morgan fingerprint density at radius 1 is 0.800 bits per heavy atom. The van der Waals surface area contributed by atoms with Crippen LogP contribution in [0.15, 0.2) is 54.6 Å². The Morgan fingerprint density at radius 3 is 2.20 bits per heavy atom. The number of hydrogen-bond acceptors (Lipinski definition) is 0. The van der Waals surface area contributed by atoms with Gasteiger partial charge in [0, 0.05) is 0 Å². The molecule has 0 amide bonds. The standard InChI is InChI=1S/C25H26/c1-6-10-22-19(4)25(20(5)23-13-7-8-14-24(22)23)16-18(3)21-12-9-11-17(2)15-21/h6-16H,1-5H3/b10-6-,18-16+. The lowest BCUT2D eigenvalue weighted by atomic mass is 9.88. The first-order valence-electron chi connectivity index (χ1n) is 8.93. The molecule has 0 aliphatic heterocycles. The molecule has 0 aliphatic rings. The van der Waals surface area contributed by atoms with E-state index in [-0.39, 0.29) is 0 Å². The van der Waals surface area contributed by atoms with Crippen LogP contribution in [0.5, 0.6) is 0 Å². The Kier molecular flexibility index (Phi) is 4.90. The van der Waals surface area contributed by atoms with E-state index in [0.717, 1.165) is 0 Å². The second kappa shape index (κ2) is 7.11. The van der Waals surface area contributed by atoms with E-state index in [4.69, 9.17) is 0 Å². The number of fused-ring (bicyclic) bond motifs is 1. The first-order chi connectivity index (χ1) is 12.0. The van der Waals surface area contributed by atoms with Crippen LogP contribution in [0.2, 0.25) is 0 Å². The molecule has 0 nitrogen and oxygen atoms in total. The summed E-state index contributed by atoms with van der Waals surface area (Å²) in [6, 6.07) is 17.4. The Morgan fingerprint density at radius 2 is 1.52 bits per heavy atom. The minimum Gasteiger partial charge on any atom is -0.0870 e. The van der Waals surface area contributed by atoms with Crippen molar-refractivity contribution in [2.45, 2.75) is 34.6 Å². The van der Waals surface area contributed by atoms with Gasteiger partial charge in [0.25, 0.3) is 0 Å². The average molecular weight is 326 g/mol. The quantitative estimate of drug-likeness (QED) is 0.441. The van der Waals surface area contributed by atoms with Gasteiger partial charge in [-0.25, -0.2) is 0 Å². The van der Waals surface area contributed by atoms with E-state index in [2.05, 4.69) is 101 Å². The Bertz CT molecular complexity index is 984. The largest absolute Gasteiger partial charge is 0.0870 e. The van der Waals surface area contributed by atoms with Crippen molar-refractivity contribution in [2.24, 2.45) is 0 Å². The second-order valence-corrected chi connectivity index (χ2v) is 6.82. The molecule has 3 aromatic carbocycles. The van der Waals surface area contributed by atoms with E-state index in [1.54, 1.807) is 0 Å².